The topological polar surface area (TPSA) is 114 Å². The molecule has 1 fully saturated rings. The number of nitrogens with one attached hydrogen (secondary N) is 2. The van der Waals surface area contributed by atoms with Gasteiger partial charge >= 0.3 is 0 Å². The Morgan fingerprint density at radius 2 is 1.71 bits per heavy atom. The molecule has 1 aliphatic rings. The second kappa shape index (κ2) is 12.6. The number of halogens is 2. The summed E-state index contributed by atoms with van der Waals surface area (Å²) in [7, 11) is 1.41. The second-order valence-electron chi connectivity index (χ2n) is 8.99. The van der Waals surface area contributed by atoms with Crippen molar-refractivity contribution in [3.8, 4) is 11.5 Å². The van der Waals surface area contributed by atoms with Crippen molar-refractivity contribution in [2.24, 2.45) is 0 Å². The Hall–Kier alpha value is -4.71. The zero-order valence-electron chi connectivity index (χ0n) is 22.2. The van der Waals surface area contributed by atoms with Crippen LogP contribution in [0, 0.1) is 25.5 Å². The van der Waals surface area contributed by atoms with Crippen molar-refractivity contribution in [3.63, 3.8) is 0 Å². The van der Waals surface area contributed by atoms with E-state index in [9.17, 15) is 28.0 Å². The quantitative estimate of drug-likeness (QED) is 0.331. The number of aryl methyl sites for hydroxylation is 2. The lowest BCUT2D eigenvalue weighted by Gasteiger charge is -2.13. The van der Waals surface area contributed by atoms with E-state index in [4.69, 9.17) is 9.47 Å². The summed E-state index contributed by atoms with van der Waals surface area (Å²) < 4.78 is 37.9. The molecule has 0 aliphatic carbocycles. The van der Waals surface area contributed by atoms with Crippen molar-refractivity contribution in [3.05, 3.63) is 87.8 Å². The maximum atomic E-state index is 13.8. The summed E-state index contributed by atoms with van der Waals surface area (Å²) in [6, 6.07) is 12.9. The number of thioether (sulfide) groups is 1. The van der Waals surface area contributed by atoms with Gasteiger partial charge < -0.3 is 20.1 Å². The van der Waals surface area contributed by atoms with Gasteiger partial charge in [0.05, 0.1) is 17.7 Å². The van der Waals surface area contributed by atoms with Crippen molar-refractivity contribution >= 4 is 52.2 Å². The monoisotopic (exact) mass is 581 g/mol. The standard InChI is InChI=1S/C29H25F2N3O6S/c1-16-4-7-20(10-17(16)2)32-27(36)15-40-23-9-5-18(11-24(23)39-3)12-25-28(37)34(29(38)41-25)14-26(35)33-22-8-6-19(30)13-21(22)31/h4-13H,14-15H2,1-3H3,(H,32,36)(H,33,35)/b25-12+. The lowest BCUT2D eigenvalue weighted by molar-refractivity contribution is -0.127. The van der Waals surface area contributed by atoms with E-state index in [1.807, 2.05) is 26.0 Å². The molecule has 0 aromatic heterocycles. The van der Waals surface area contributed by atoms with Crippen LogP contribution < -0.4 is 20.1 Å². The average Bonchev–Trinajstić information content (AvgIpc) is 3.18. The van der Waals surface area contributed by atoms with Crippen LogP contribution in [0.3, 0.4) is 0 Å². The molecule has 2 N–H and O–H groups in total. The van der Waals surface area contributed by atoms with E-state index in [1.165, 1.54) is 13.2 Å². The summed E-state index contributed by atoms with van der Waals surface area (Å²) in [4.78, 5) is 50.7. The second-order valence-corrected chi connectivity index (χ2v) is 9.98. The third-order valence-corrected chi connectivity index (χ3v) is 6.92. The average molecular weight is 582 g/mol. The van der Waals surface area contributed by atoms with Gasteiger partial charge in [0.1, 0.15) is 18.2 Å². The zero-order valence-corrected chi connectivity index (χ0v) is 23.1. The minimum atomic E-state index is -0.990. The number of hydrogen-bond donors (Lipinski definition) is 2. The highest BCUT2D eigenvalue weighted by atomic mass is 32.2. The highest BCUT2D eigenvalue weighted by Crippen LogP contribution is 2.34. The summed E-state index contributed by atoms with van der Waals surface area (Å²) >= 11 is 0.634. The third-order valence-electron chi connectivity index (χ3n) is 6.02. The van der Waals surface area contributed by atoms with Gasteiger partial charge in [-0.15, -0.1) is 0 Å². The van der Waals surface area contributed by atoms with E-state index in [2.05, 4.69) is 10.6 Å². The van der Waals surface area contributed by atoms with Crippen LogP contribution >= 0.6 is 11.8 Å². The molecule has 1 heterocycles. The number of nitrogens with zero attached hydrogens (tertiary/aromatic N) is 1. The van der Waals surface area contributed by atoms with Crippen molar-refractivity contribution in [2.75, 3.05) is 30.9 Å². The number of hydrogen-bond acceptors (Lipinski definition) is 7. The molecule has 0 bridgehead atoms. The molecule has 41 heavy (non-hydrogen) atoms. The number of carbonyl (C=O) groups excluding carboxylic acids is 4. The molecule has 4 rings (SSSR count). The number of rotatable bonds is 9. The Labute approximate surface area is 238 Å². The van der Waals surface area contributed by atoms with Gasteiger partial charge in [-0.25, -0.2) is 8.78 Å². The van der Waals surface area contributed by atoms with E-state index in [1.54, 1.807) is 24.3 Å². The maximum Gasteiger partial charge on any atom is 0.294 e. The SMILES string of the molecule is COc1cc(/C=C2/SC(=O)N(CC(=O)Nc3ccc(F)cc3F)C2=O)ccc1OCC(=O)Nc1ccc(C)c(C)c1. The smallest absolute Gasteiger partial charge is 0.294 e. The van der Waals surface area contributed by atoms with E-state index in [-0.39, 0.29) is 34.6 Å². The van der Waals surface area contributed by atoms with Gasteiger partial charge in [0, 0.05) is 11.8 Å². The van der Waals surface area contributed by atoms with Gasteiger partial charge in [-0.2, -0.15) is 0 Å². The number of amides is 4. The third kappa shape index (κ3) is 7.28. The van der Waals surface area contributed by atoms with Crippen LogP contribution in [0.5, 0.6) is 11.5 Å². The first kappa shape index (κ1) is 29.3. The highest BCUT2D eigenvalue weighted by molar-refractivity contribution is 8.18. The fourth-order valence-electron chi connectivity index (χ4n) is 3.76. The van der Waals surface area contributed by atoms with Crippen LogP contribution in [0.2, 0.25) is 0 Å². The summed E-state index contributed by atoms with van der Waals surface area (Å²) in [5.41, 5.74) is 3.02. The fourth-order valence-corrected chi connectivity index (χ4v) is 4.60. The molecule has 0 unspecified atom stereocenters. The molecule has 0 atom stereocenters. The zero-order chi connectivity index (χ0) is 29.7. The molecule has 212 valence electrons. The van der Waals surface area contributed by atoms with Crippen molar-refractivity contribution in [2.45, 2.75) is 13.8 Å². The summed E-state index contributed by atoms with van der Waals surface area (Å²) in [5, 5.41) is 4.30. The fraction of sp³-hybridized carbons (Fsp3) is 0.172. The van der Waals surface area contributed by atoms with Crippen LogP contribution in [0.1, 0.15) is 16.7 Å². The number of methoxy groups -OCH3 is 1. The Morgan fingerprint density at radius 3 is 2.41 bits per heavy atom. The number of carbonyl (C=O) groups is 4. The van der Waals surface area contributed by atoms with E-state index < -0.39 is 35.2 Å². The molecule has 3 aromatic rings. The Balaban J connectivity index is 1.38. The van der Waals surface area contributed by atoms with Crippen molar-refractivity contribution in [1.82, 2.24) is 4.90 Å². The maximum absolute atomic E-state index is 13.8. The van der Waals surface area contributed by atoms with Crippen molar-refractivity contribution < 1.29 is 37.4 Å². The molecule has 0 radical (unpaired) electrons. The van der Waals surface area contributed by atoms with Gasteiger partial charge in [-0.1, -0.05) is 12.1 Å². The number of imide groups is 1. The van der Waals surface area contributed by atoms with Gasteiger partial charge in [0.25, 0.3) is 17.1 Å². The first-order valence-electron chi connectivity index (χ1n) is 12.2. The molecule has 3 aromatic carbocycles. The molecule has 12 heteroatoms. The van der Waals surface area contributed by atoms with Crippen LogP contribution in [-0.4, -0.2) is 48.1 Å². The number of ether oxygens (including phenoxy) is 2. The van der Waals surface area contributed by atoms with Gasteiger partial charge in [0.2, 0.25) is 5.91 Å². The molecule has 0 spiro atoms. The molecule has 9 nitrogen and oxygen atoms in total. The first-order valence-corrected chi connectivity index (χ1v) is 13.0. The molecule has 1 saturated heterocycles. The molecular formula is C29H25F2N3O6S. The van der Waals surface area contributed by atoms with Gasteiger partial charge in [0.15, 0.2) is 18.1 Å². The van der Waals surface area contributed by atoms with Gasteiger partial charge in [-0.3, -0.25) is 24.1 Å². The molecule has 4 amide bonds. The van der Waals surface area contributed by atoms with Crippen molar-refractivity contribution in [1.29, 1.82) is 0 Å². The normalized spacial score (nSPS) is 13.9. The Kier molecular flexibility index (Phi) is 9.03. The minimum absolute atomic E-state index is 0.0549. The predicted octanol–water partition coefficient (Wildman–Crippen LogP) is 5.28. The lowest BCUT2D eigenvalue weighted by Crippen LogP contribution is -2.36. The largest absolute Gasteiger partial charge is 0.493 e. The van der Waals surface area contributed by atoms with Crippen LogP contribution in [0.15, 0.2) is 59.5 Å². The molecular weight excluding hydrogens is 556 g/mol. The van der Waals surface area contributed by atoms with E-state index in [0.29, 0.717) is 29.1 Å². The highest BCUT2D eigenvalue weighted by Gasteiger charge is 2.36. The van der Waals surface area contributed by atoms with E-state index >= 15 is 0 Å². The van der Waals surface area contributed by atoms with Crippen LogP contribution in [0.25, 0.3) is 6.08 Å². The number of benzene rings is 3. The van der Waals surface area contributed by atoms with Gasteiger partial charge in [-0.05, 0) is 84.8 Å². The van der Waals surface area contributed by atoms with E-state index in [0.717, 1.165) is 28.2 Å². The lowest BCUT2D eigenvalue weighted by atomic mass is 10.1. The summed E-state index contributed by atoms with van der Waals surface area (Å²) in [5.74, 6) is -3.13. The Morgan fingerprint density at radius 1 is 0.927 bits per heavy atom. The predicted molar refractivity (Wildman–Crippen MR) is 151 cm³/mol. The first-order chi connectivity index (χ1) is 19.5. The molecule has 0 saturated carbocycles. The molecule has 1 aliphatic heterocycles. The number of anilines is 2. The minimum Gasteiger partial charge on any atom is -0.493 e. The van der Waals surface area contributed by atoms with Crippen LogP contribution in [-0.2, 0) is 14.4 Å². The van der Waals surface area contributed by atoms with Crippen LogP contribution in [0.4, 0.5) is 25.0 Å². The summed E-state index contributed by atoms with van der Waals surface area (Å²) in [6.07, 6.45) is 1.45. The summed E-state index contributed by atoms with van der Waals surface area (Å²) in [6.45, 7) is 3.00. The Bertz CT molecular complexity index is 1580.